The smallest absolute Gasteiger partial charge is 0.0786 e. The molecule has 1 aromatic carbocycles. The maximum atomic E-state index is 6.39. The Balaban J connectivity index is 2.26. The van der Waals surface area contributed by atoms with E-state index in [-0.39, 0.29) is 0 Å². The van der Waals surface area contributed by atoms with Crippen molar-refractivity contribution in [3.05, 3.63) is 23.2 Å². The molecule has 1 aliphatic rings. The average molecular weight is 309 g/mol. The summed E-state index contributed by atoms with van der Waals surface area (Å²) in [5, 5.41) is 4.62. The van der Waals surface area contributed by atoms with Crippen LogP contribution in [-0.4, -0.2) is 20.1 Å². The Morgan fingerprint density at radius 3 is 2.43 bits per heavy atom. The average Bonchev–Trinajstić information content (AvgIpc) is 2.37. The van der Waals surface area contributed by atoms with Crippen LogP contribution in [0, 0.1) is 11.3 Å². The highest BCUT2D eigenvalue weighted by Gasteiger charge is 2.34. The van der Waals surface area contributed by atoms with Gasteiger partial charge in [-0.25, -0.2) is 0 Å². The van der Waals surface area contributed by atoms with Gasteiger partial charge in [-0.15, -0.1) is 0 Å². The van der Waals surface area contributed by atoms with Crippen LogP contribution in [0.25, 0.3) is 0 Å². The Kier molecular flexibility index (Phi) is 5.08. The lowest BCUT2D eigenvalue weighted by molar-refractivity contribution is 0.163. The molecule has 1 aliphatic carbocycles. The van der Waals surface area contributed by atoms with Crippen molar-refractivity contribution in [2.75, 3.05) is 24.3 Å². The molecule has 0 aromatic heterocycles. The number of anilines is 2. The van der Waals surface area contributed by atoms with Crippen molar-refractivity contribution in [1.29, 1.82) is 0 Å². The number of nitrogens with zero attached hydrogens (tertiary/aromatic N) is 1. The molecule has 0 saturated heterocycles. The molecule has 0 bridgehead atoms. The number of para-hydroxylation sites is 1. The quantitative estimate of drug-likeness (QED) is 0.801. The Morgan fingerprint density at radius 2 is 1.81 bits per heavy atom. The Labute approximate surface area is 134 Å². The summed E-state index contributed by atoms with van der Waals surface area (Å²) >= 11 is 6.39. The zero-order valence-electron chi connectivity index (χ0n) is 14.0. The fraction of sp³-hybridized carbons (Fsp3) is 0.667. The first-order valence-electron chi connectivity index (χ1n) is 8.03. The third-order valence-electron chi connectivity index (χ3n) is 4.65. The number of hydrogen-bond acceptors (Lipinski definition) is 2. The second-order valence-electron chi connectivity index (χ2n) is 7.54. The van der Waals surface area contributed by atoms with Gasteiger partial charge in [0, 0.05) is 20.1 Å². The van der Waals surface area contributed by atoms with Gasteiger partial charge in [-0.05, 0) is 36.3 Å². The predicted molar refractivity (Wildman–Crippen MR) is 94.6 cm³/mol. The van der Waals surface area contributed by atoms with E-state index in [1.165, 1.54) is 25.7 Å². The fourth-order valence-electron chi connectivity index (χ4n) is 3.63. The summed E-state index contributed by atoms with van der Waals surface area (Å²) in [6.07, 6.45) is 5.25. The van der Waals surface area contributed by atoms with Crippen LogP contribution in [0.2, 0.25) is 5.02 Å². The number of benzene rings is 1. The summed E-state index contributed by atoms with van der Waals surface area (Å²) in [6, 6.07) is 6.68. The number of rotatable bonds is 3. The summed E-state index contributed by atoms with van der Waals surface area (Å²) in [7, 11) is 4.10. The van der Waals surface area contributed by atoms with Gasteiger partial charge >= 0.3 is 0 Å². The summed E-state index contributed by atoms with van der Waals surface area (Å²) in [6.45, 7) is 7.09. The van der Waals surface area contributed by atoms with E-state index in [4.69, 9.17) is 11.6 Å². The predicted octanol–water partition coefficient (Wildman–Crippen LogP) is 5.42. The lowest BCUT2D eigenvalue weighted by Crippen LogP contribution is -2.40. The molecule has 0 amide bonds. The van der Waals surface area contributed by atoms with Crippen molar-refractivity contribution in [3.8, 4) is 0 Å². The number of hydrogen-bond donors (Lipinski definition) is 1. The first-order chi connectivity index (χ1) is 9.80. The van der Waals surface area contributed by atoms with Gasteiger partial charge in [0.05, 0.1) is 16.4 Å². The van der Waals surface area contributed by atoms with Crippen LogP contribution in [0.15, 0.2) is 18.2 Å². The number of nitrogens with one attached hydrogen (secondary N) is 1. The second kappa shape index (κ2) is 6.48. The van der Waals surface area contributed by atoms with Crippen LogP contribution in [0.1, 0.15) is 46.5 Å². The van der Waals surface area contributed by atoms with E-state index in [0.29, 0.717) is 17.4 Å². The van der Waals surface area contributed by atoms with Crippen molar-refractivity contribution in [2.24, 2.45) is 11.3 Å². The second-order valence-corrected chi connectivity index (χ2v) is 7.95. The van der Waals surface area contributed by atoms with E-state index in [2.05, 4.69) is 51.1 Å². The van der Waals surface area contributed by atoms with E-state index in [0.717, 1.165) is 16.4 Å². The standard InChI is InChI=1S/C18H29ClN2/c1-18(2,3)13-9-6-7-11-15(13)20-16-12-8-10-14(19)17(16)21(4)5/h8,10,12-13,15,20H,6-7,9,11H2,1-5H3. The summed E-state index contributed by atoms with van der Waals surface area (Å²) in [4.78, 5) is 2.10. The van der Waals surface area contributed by atoms with E-state index < -0.39 is 0 Å². The van der Waals surface area contributed by atoms with Crippen LogP contribution in [0.4, 0.5) is 11.4 Å². The minimum absolute atomic E-state index is 0.342. The molecule has 3 heteroatoms. The van der Waals surface area contributed by atoms with E-state index in [9.17, 15) is 0 Å². The van der Waals surface area contributed by atoms with Gasteiger partial charge in [-0.2, -0.15) is 0 Å². The Morgan fingerprint density at radius 1 is 1.14 bits per heavy atom. The monoisotopic (exact) mass is 308 g/mol. The molecule has 0 aliphatic heterocycles. The first-order valence-corrected chi connectivity index (χ1v) is 8.41. The third kappa shape index (κ3) is 3.85. The number of halogens is 1. The van der Waals surface area contributed by atoms with Crippen molar-refractivity contribution in [1.82, 2.24) is 0 Å². The zero-order chi connectivity index (χ0) is 15.6. The molecular formula is C18H29ClN2. The van der Waals surface area contributed by atoms with E-state index in [1.54, 1.807) is 0 Å². The zero-order valence-corrected chi connectivity index (χ0v) is 14.8. The van der Waals surface area contributed by atoms with E-state index in [1.807, 2.05) is 12.1 Å². The summed E-state index contributed by atoms with van der Waals surface area (Å²) in [5.41, 5.74) is 2.60. The molecule has 0 spiro atoms. The van der Waals surface area contributed by atoms with Crippen LogP contribution in [-0.2, 0) is 0 Å². The third-order valence-corrected chi connectivity index (χ3v) is 4.96. The van der Waals surface area contributed by atoms with E-state index >= 15 is 0 Å². The highest BCUT2D eigenvalue weighted by atomic mass is 35.5. The van der Waals surface area contributed by atoms with Crippen LogP contribution < -0.4 is 10.2 Å². The molecule has 1 N–H and O–H groups in total. The van der Waals surface area contributed by atoms with Crippen LogP contribution >= 0.6 is 11.6 Å². The molecule has 2 unspecified atom stereocenters. The van der Waals surface area contributed by atoms with Crippen LogP contribution in [0.5, 0.6) is 0 Å². The van der Waals surface area contributed by atoms with Crippen molar-refractivity contribution < 1.29 is 0 Å². The molecule has 0 radical (unpaired) electrons. The van der Waals surface area contributed by atoms with Crippen molar-refractivity contribution >= 4 is 23.0 Å². The summed E-state index contributed by atoms with van der Waals surface area (Å²) < 4.78 is 0. The highest BCUT2D eigenvalue weighted by molar-refractivity contribution is 6.34. The Hall–Kier alpha value is -0.890. The molecule has 2 atom stereocenters. The van der Waals surface area contributed by atoms with Crippen molar-refractivity contribution in [2.45, 2.75) is 52.5 Å². The molecule has 1 fully saturated rings. The lowest BCUT2D eigenvalue weighted by atomic mass is 9.69. The van der Waals surface area contributed by atoms with Gasteiger partial charge in [-0.1, -0.05) is 51.3 Å². The highest BCUT2D eigenvalue weighted by Crippen LogP contribution is 2.41. The topological polar surface area (TPSA) is 15.3 Å². The largest absolute Gasteiger partial charge is 0.380 e. The molecule has 0 heterocycles. The molecule has 1 aromatic rings. The molecule has 1 saturated carbocycles. The molecular weight excluding hydrogens is 280 g/mol. The lowest BCUT2D eigenvalue weighted by Gasteiger charge is -2.41. The van der Waals surface area contributed by atoms with Gasteiger partial charge in [0.25, 0.3) is 0 Å². The van der Waals surface area contributed by atoms with Gasteiger partial charge < -0.3 is 10.2 Å². The maximum Gasteiger partial charge on any atom is 0.0786 e. The minimum Gasteiger partial charge on any atom is -0.380 e. The summed E-state index contributed by atoms with van der Waals surface area (Å²) in [5.74, 6) is 0.709. The van der Waals surface area contributed by atoms with Crippen LogP contribution in [0.3, 0.4) is 0 Å². The molecule has 21 heavy (non-hydrogen) atoms. The SMILES string of the molecule is CN(C)c1c(Cl)cccc1NC1CCCCC1C(C)(C)C. The van der Waals surface area contributed by atoms with Gasteiger partial charge in [0.15, 0.2) is 0 Å². The van der Waals surface area contributed by atoms with Crippen molar-refractivity contribution in [3.63, 3.8) is 0 Å². The van der Waals surface area contributed by atoms with Gasteiger partial charge in [-0.3, -0.25) is 0 Å². The molecule has 2 nitrogen and oxygen atoms in total. The Bertz CT molecular complexity index is 477. The minimum atomic E-state index is 0.342. The molecule has 118 valence electrons. The van der Waals surface area contributed by atoms with Gasteiger partial charge in [0.1, 0.15) is 0 Å². The first kappa shape index (κ1) is 16.5. The normalized spacial score (nSPS) is 23.0. The fourth-order valence-corrected chi connectivity index (χ4v) is 3.97. The maximum absolute atomic E-state index is 6.39. The molecule has 2 rings (SSSR count). The van der Waals surface area contributed by atoms with Gasteiger partial charge in [0.2, 0.25) is 0 Å².